The Kier molecular flexibility index (Phi) is 17.4. The molecule has 2 aliphatic rings. The van der Waals surface area contributed by atoms with Gasteiger partial charge in [0.15, 0.2) is 12.1 Å². The molecule has 1 aromatic rings. The minimum atomic E-state index is -1.95. The van der Waals surface area contributed by atoms with Crippen LogP contribution in [-0.2, 0) is 33.3 Å². The number of aliphatic hydroxyl groups excluding tert-OH is 2. The summed E-state index contributed by atoms with van der Waals surface area (Å²) in [6.45, 7) is 15.2. The summed E-state index contributed by atoms with van der Waals surface area (Å²) in [5.41, 5.74) is -1.65. The average Bonchev–Trinajstić information content (AvgIpc) is 3.17. The third kappa shape index (κ3) is 11.9. The molecule has 13 atom stereocenters. The standard InChI is InChI=1S/C42H68N4O11/c1-14-32-42(9,52)37(50)26(5)34(45-44-24(3)15-20-33(47)43-29-16-18-30(53-12)19-17-29)23(2)22-41(8,54-13)38(27(6)35(48)28(7)39(51)56-32)57-40-36(49)31(46(10)11)21-25(4)55-40/h16-19,23,25-28,31-32,36-38,40,49-50,52H,14-15,20-22H2,1-13H3,(H,43,47)/b44-24+,45-34+/t23-,25?,26+,27+,28-,31?,32-,36?,37-,38-,40?,41-,42-/m1/s1. The summed E-state index contributed by atoms with van der Waals surface area (Å²) >= 11 is 0. The first-order valence-electron chi connectivity index (χ1n) is 20.0. The third-order valence-electron chi connectivity index (χ3n) is 11.8. The van der Waals surface area contributed by atoms with Crippen LogP contribution in [0.3, 0.4) is 0 Å². The predicted octanol–water partition coefficient (Wildman–Crippen LogP) is 4.40. The number of aliphatic hydroxyl groups is 3. The number of carbonyl (C=O) groups is 3. The molecular formula is C42H68N4O11. The zero-order chi connectivity index (χ0) is 43.0. The number of esters is 1. The predicted molar refractivity (Wildman–Crippen MR) is 217 cm³/mol. The molecule has 322 valence electrons. The monoisotopic (exact) mass is 804 g/mol. The van der Waals surface area contributed by atoms with Crippen molar-refractivity contribution in [3.8, 4) is 5.75 Å². The Morgan fingerprint density at radius 2 is 1.65 bits per heavy atom. The molecule has 0 spiro atoms. The largest absolute Gasteiger partial charge is 0.497 e. The minimum Gasteiger partial charge on any atom is -0.497 e. The first-order chi connectivity index (χ1) is 26.6. The molecule has 0 radical (unpaired) electrons. The number of ketones is 1. The molecule has 0 saturated carbocycles. The first kappa shape index (κ1) is 48.1. The Hall–Kier alpha value is -3.31. The van der Waals surface area contributed by atoms with Crippen LogP contribution < -0.4 is 10.1 Å². The normalized spacial score (nSPS) is 37.1. The Bertz CT molecular complexity index is 1570. The van der Waals surface area contributed by atoms with Crippen LogP contribution in [0.5, 0.6) is 5.75 Å². The number of hydrogen-bond donors (Lipinski definition) is 4. The molecule has 0 aromatic heterocycles. The molecule has 2 heterocycles. The summed E-state index contributed by atoms with van der Waals surface area (Å²) in [6.07, 6.45) is -4.89. The van der Waals surface area contributed by atoms with Crippen LogP contribution in [0, 0.1) is 23.7 Å². The number of benzene rings is 1. The van der Waals surface area contributed by atoms with Gasteiger partial charge in [0.25, 0.3) is 0 Å². The molecule has 4 N–H and O–H groups in total. The number of Topliss-reactive ketones (excluding diaryl/α,β-unsaturated/α-hetero) is 1. The molecular weight excluding hydrogens is 736 g/mol. The fourth-order valence-corrected chi connectivity index (χ4v) is 8.02. The van der Waals surface area contributed by atoms with Gasteiger partial charge in [-0.2, -0.15) is 10.2 Å². The molecule has 1 amide bonds. The Morgan fingerprint density at radius 1 is 1.02 bits per heavy atom. The van der Waals surface area contributed by atoms with Gasteiger partial charge in [0.05, 0.1) is 31.0 Å². The fraction of sp³-hybridized carbons (Fsp3) is 0.738. The van der Waals surface area contributed by atoms with E-state index in [1.54, 1.807) is 66.0 Å². The van der Waals surface area contributed by atoms with Crippen molar-refractivity contribution in [3.63, 3.8) is 0 Å². The molecule has 3 rings (SSSR count). The number of amides is 1. The number of rotatable bonds is 11. The van der Waals surface area contributed by atoms with E-state index in [0.717, 1.165) is 0 Å². The summed E-state index contributed by atoms with van der Waals surface area (Å²) in [5.74, 6) is -4.46. The Labute approximate surface area is 338 Å². The average molecular weight is 805 g/mol. The van der Waals surface area contributed by atoms with Gasteiger partial charge in [-0.15, -0.1) is 0 Å². The number of anilines is 1. The van der Waals surface area contributed by atoms with Crippen LogP contribution in [0.1, 0.15) is 94.4 Å². The van der Waals surface area contributed by atoms with Gasteiger partial charge in [-0.05, 0) is 105 Å². The van der Waals surface area contributed by atoms with E-state index < -0.39 is 77.3 Å². The van der Waals surface area contributed by atoms with Crippen molar-refractivity contribution < 1.29 is 53.4 Å². The molecule has 1 aromatic carbocycles. The molecule has 15 nitrogen and oxygen atoms in total. The quantitative estimate of drug-likeness (QED) is 0.107. The molecule has 2 aliphatic heterocycles. The van der Waals surface area contributed by atoms with E-state index in [2.05, 4.69) is 15.5 Å². The van der Waals surface area contributed by atoms with Crippen molar-refractivity contribution in [3.05, 3.63) is 24.3 Å². The van der Waals surface area contributed by atoms with E-state index in [4.69, 9.17) is 23.7 Å². The molecule has 2 saturated heterocycles. The maximum absolute atomic E-state index is 14.2. The van der Waals surface area contributed by atoms with Crippen molar-refractivity contribution in [2.75, 3.05) is 33.6 Å². The summed E-state index contributed by atoms with van der Waals surface area (Å²) < 4.78 is 30.0. The van der Waals surface area contributed by atoms with E-state index in [1.807, 2.05) is 32.8 Å². The van der Waals surface area contributed by atoms with E-state index in [0.29, 0.717) is 29.3 Å². The highest BCUT2D eigenvalue weighted by Gasteiger charge is 2.51. The van der Waals surface area contributed by atoms with Crippen LogP contribution in [-0.4, -0.2) is 132 Å². The van der Waals surface area contributed by atoms with Crippen LogP contribution in [0.25, 0.3) is 0 Å². The van der Waals surface area contributed by atoms with Gasteiger partial charge in [-0.3, -0.25) is 14.4 Å². The lowest BCUT2D eigenvalue weighted by Crippen LogP contribution is -2.60. The van der Waals surface area contributed by atoms with Gasteiger partial charge in [0.1, 0.15) is 29.5 Å². The van der Waals surface area contributed by atoms with Gasteiger partial charge in [-0.1, -0.05) is 27.7 Å². The summed E-state index contributed by atoms with van der Waals surface area (Å²) in [4.78, 5) is 42.5. The molecule has 0 bridgehead atoms. The number of likely N-dealkylation sites (N-methyl/N-ethyl adjacent to an activating group) is 1. The maximum atomic E-state index is 14.2. The van der Waals surface area contributed by atoms with E-state index in [-0.39, 0.29) is 43.7 Å². The number of ether oxygens (including phenoxy) is 5. The fourth-order valence-electron chi connectivity index (χ4n) is 8.02. The molecule has 4 unspecified atom stereocenters. The van der Waals surface area contributed by atoms with E-state index in [1.165, 1.54) is 21.0 Å². The highest BCUT2D eigenvalue weighted by Crippen LogP contribution is 2.38. The molecule has 2 fully saturated rings. The van der Waals surface area contributed by atoms with Crippen LogP contribution in [0.2, 0.25) is 0 Å². The number of carbonyl (C=O) groups excluding carboxylic acids is 3. The second-order valence-corrected chi connectivity index (χ2v) is 16.6. The molecule has 15 heteroatoms. The van der Waals surface area contributed by atoms with Gasteiger partial charge < -0.3 is 49.2 Å². The number of nitrogens with one attached hydrogen (secondary N) is 1. The van der Waals surface area contributed by atoms with Crippen molar-refractivity contribution >= 4 is 34.8 Å². The molecule has 57 heavy (non-hydrogen) atoms. The van der Waals surface area contributed by atoms with Gasteiger partial charge in [0, 0.05) is 48.5 Å². The number of hydrogen-bond acceptors (Lipinski definition) is 14. The second-order valence-electron chi connectivity index (χ2n) is 16.6. The number of nitrogens with zero attached hydrogens (tertiary/aromatic N) is 3. The highest BCUT2D eigenvalue weighted by molar-refractivity contribution is 6.00. The zero-order valence-electron chi connectivity index (χ0n) is 36.1. The Balaban J connectivity index is 2.07. The summed E-state index contributed by atoms with van der Waals surface area (Å²) in [5, 5.41) is 47.1. The summed E-state index contributed by atoms with van der Waals surface area (Å²) in [7, 11) is 6.79. The zero-order valence-corrected chi connectivity index (χ0v) is 36.1. The van der Waals surface area contributed by atoms with E-state index in [9.17, 15) is 29.7 Å². The van der Waals surface area contributed by atoms with Crippen LogP contribution >= 0.6 is 0 Å². The van der Waals surface area contributed by atoms with Crippen molar-refractivity contribution in [1.82, 2.24) is 4.90 Å². The Morgan fingerprint density at radius 3 is 2.21 bits per heavy atom. The first-order valence-corrected chi connectivity index (χ1v) is 20.0. The van der Waals surface area contributed by atoms with Crippen LogP contribution in [0.4, 0.5) is 5.69 Å². The lowest BCUT2D eigenvalue weighted by molar-refractivity contribution is -0.295. The highest BCUT2D eigenvalue weighted by atomic mass is 16.7. The lowest BCUT2D eigenvalue weighted by Gasteiger charge is -2.47. The third-order valence-corrected chi connectivity index (χ3v) is 11.8. The minimum absolute atomic E-state index is 0.131. The van der Waals surface area contributed by atoms with Crippen molar-refractivity contribution in [2.24, 2.45) is 33.9 Å². The van der Waals surface area contributed by atoms with Crippen molar-refractivity contribution in [2.45, 2.75) is 148 Å². The SMILES string of the molecule is CC[C@H]1OC(=O)[C@H](C)C(=O)[C@H](C)[C@@H](OC2OC(C)CC(N(C)C)C2O)[C@](C)(OC)C[C@@H](C)/C(=N\N=C(/C)CCC(=O)Nc2ccc(OC)cc2)[C@H](C)[C@@H](O)[C@]1(C)O. The molecule has 0 aliphatic carbocycles. The number of methoxy groups -OCH3 is 2. The van der Waals surface area contributed by atoms with Crippen molar-refractivity contribution in [1.29, 1.82) is 0 Å². The topological polar surface area (TPSA) is 198 Å². The lowest BCUT2D eigenvalue weighted by atomic mass is 9.74. The van der Waals surface area contributed by atoms with Gasteiger partial charge in [-0.25, -0.2) is 0 Å². The smallest absolute Gasteiger partial charge is 0.316 e. The van der Waals surface area contributed by atoms with Gasteiger partial charge in [0.2, 0.25) is 5.91 Å². The summed E-state index contributed by atoms with van der Waals surface area (Å²) in [6, 6.07) is 6.70. The number of cyclic esters (lactones) is 1. The van der Waals surface area contributed by atoms with Gasteiger partial charge >= 0.3 is 5.97 Å². The maximum Gasteiger partial charge on any atom is 0.316 e. The van der Waals surface area contributed by atoms with E-state index >= 15 is 0 Å². The van der Waals surface area contributed by atoms with Crippen LogP contribution in [0.15, 0.2) is 34.5 Å². The second kappa shape index (κ2) is 20.6.